The third-order valence-electron chi connectivity index (χ3n) is 2.85. The lowest BCUT2D eigenvalue weighted by Crippen LogP contribution is -2.00. The molecule has 6 heteroatoms. The average Bonchev–Trinajstić information content (AvgIpc) is 2.45. The summed E-state index contributed by atoms with van der Waals surface area (Å²) in [6, 6.07) is 8.01. The molecule has 0 bridgehead atoms. The van der Waals surface area contributed by atoms with E-state index in [1.807, 2.05) is 0 Å². The smallest absolute Gasteiger partial charge is 0.200 e. The molecule has 0 aromatic heterocycles. The van der Waals surface area contributed by atoms with Crippen LogP contribution in [0.3, 0.4) is 0 Å². The molecule has 0 aliphatic heterocycles. The zero-order chi connectivity index (χ0) is 14.7. The summed E-state index contributed by atoms with van der Waals surface area (Å²) in [5.41, 5.74) is 1.20. The summed E-state index contributed by atoms with van der Waals surface area (Å²) < 4.78 is 5.10. The van der Waals surface area contributed by atoms with Gasteiger partial charge in [0.1, 0.15) is 5.75 Å². The molecule has 0 heterocycles. The van der Waals surface area contributed by atoms with E-state index in [9.17, 15) is 15.3 Å². The number of phenolic OH excluding ortho intramolecular Hbond substituents is 3. The Hall–Kier alpha value is -2.27. The first-order valence-corrected chi connectivity index (χ1v) is 6.21. The Morgan fingerprint density at radius 2 is 1.85 bits per heavy atom. The predicted molar refractivity (Wildman–Crippen MR) is 76.8 cm³/mol. The van der Waals surface area contributed by atoms with Crippen LogP contribution in [0.25, 0.3) is 0 Å². The van der Waals surface area contributed by atoms with Crippen LogP contribution in [0.1, 0.15) is 5.56 Å². The number of nitrogens with one attached hydrogen (secondary N) is 1. The average molecular weight is 296 g/mol. The van der Waals surface area contributed by atoms with E-state index in [4.69, 9.17) is 16.3 Å². The van der Waals surface area contributed by atoms with Crippen LogP contribution in [-0.2, 0) is 6.54 Å². The monoisotopic (exact) mass is 295 g/mol. The molecule has 0 fully saturated rings. The SMILES string of the molecule is COc1cc(NCc2ccc(O)c(O)c2O)ccc1Cl. The minimum Gasteiger partial charge on any atom is -0.504 e. The number of methoxy groups -OCH3 is 1. The number of benzene rings is 2. The Labute approximate surface area is 121 Å². The van der Waals surface area contributed by atoms with Gasteiger partial charge in [0.2, 0.25) is 5.75 Å². The number of halogens is 1. The van der Waals surface area contributed by atoms with Gasteiger partial charge in [-0.25, -0.2) is 0 Å². The van der Waals surface area contributed by atoms with Crippen LogP contribution in [0.2, 0.25) is 5.02 Å². The number of hydrogen-bond donors (Lipinski definition) is 4. The lowest BCUT2D eigenvalue weighted by molar-refractivity contribution is 0.365. The fourth-order valence-corrected chi connectivity index (χ4v) is 1.92. The van der Waals surface area contributed by atoms with Crippen LogP contribution < -0.4 is 10.1 Å². The Bertz CT molecular complexity index is 631. The maximum Gasteiger partial charge on any atom is 0.200 e. The Kier molecular flexibility index (Phi) is 4.10. The number of hydrogen-bond acceptors (Lipinski definition) is 5. The molecule has 0 radical (unpaired) electrons. The highest BCUT2D eigenvalue weighted by Gasteiger charge is 2.11. The van der Waals surface area contributed by atoms with Gasteiger partial charge in [0.25, 0.3) is 0 Å². The summed E-state index contributed by atoms with van der Waals surface area (Å²) in [5, 5.41) is 32.0. The van der Waals surface area contributed by atoms with E-state index < -0.39 is 5.75 Å². The van der Waals surface area contributed by atoms with Crippen molar-refractivity contribution in [3.63, 3.8) is 0 Å². The van der Waals surface area contributed by atoms with Crippen LogP contribution in [0.5, 0.6) is 23.0 Å². The number of phenols is 3. The van der Waals surface area contributed by atoms with Gasteiger partial charge in [-0.05, 0) is 24.3 Å². The Morgan fingerprint density at radius 3 is 2.55 bits per heavy atom. The van der Waals surface area contributed by atoms with Crippen LogP contribution in [-0.4, -0.2) is 22.4 Å². The Morgan fingerprint density at radius 1 is 1.10 bits per heavy atom. The van der Waals surface area contributed by atoms with E-state index in [0.717, 1.165) is 5.69 Å². The normalized spacial score (nSPS) is 10.3. The summed E-state index contributed by atoms with van der Waals surface area (Å²) in [6.07, 6.45) is 0. The third kappa shape index (κ3) is 2.83. The van der Waals surface area contributed by atoms with Gasteiger partial charge in [-0.2, -0.15) is 0 Å². The quantitative estimate of drug-likeness (QED) is 0.652. The lowest BCUT2D eigenvalue weighted by Gasteiger charge is -2.11. The van der Waals surface area contributed by atoms with Gasteiger partial charge in [-0.15, -0.1) is 0 Å². The molecule has 4 N–H and O–H groups in total. The molecule has 0 aliphatic rings. The van der Waals surface area contributed by atoms with Crippen LogP contribution in [0, 0.1) is 0 Å². The molecule has 2 aromatic carbocycles. The fourth-order valence-electron chi connectivity index (χ4n) is 1.72. The maximum atomic E-state index is 9.71. The molecule has 0 aliphatic carbocycles. The molecule has 2 aromatic rings. The maximum absolute atomic E-state index is 9.71. The van der Waals surface area contributed by atoms with Gasteiger partial charge in [0.15, 0.2) is 11.5 Å². The van der Waals surface area contributed by atoms with E-state index in [2.05, 4.69) is 5.32 Å². The second-order valence-electron chi connectivity index (χ2n) is 4.14. The number of ether oxygens (including phenoxy) is 1. The molecular weight excluding hydrogens is 282 g/mol. The molecule has 106 valence electrons. The van der Waals surface area contributed by atoms with Gasteiger partial charge in [-0.1, -0.05) is 11.6 Å². The summed E-state index contributed by atoms with van der Waals surface area (Å²) in [5.74, 6) is -0.703. The highest BCUT2D eigenvalue weighted by atomic mass is 35.5. The van der Waals surface area contributed by atoms with Crippen molar-refractivity contribution in [2.45, 2.75) is 6.54 Å². The lowest BCUT2D eigenvalue weighted by atomic mass is 10.1. The second-order valence-corrected chi connectivity index (χ2v) is 4.55. The van der Waals surface area contributed by atoms with Crippen LogP contribution >= 0.6 is 11.6 Å². The Balaban J connectivity index is 2.15. The molecule has 0 atom stereocenters. The zero-order valence-corrected chi connectivity index (χ0v) is 11.5. The molecule has 2 rings (SSSR count). The van der Waals surface area contributed by atoms with Crippen LogP contribution in [0.15, 0.2) is 30.3 Å². The highest BCUT2D eigenvalue weighted by molar-refractivity contribution is 6.32. The molecule has 0 saturated heterocycles. The van der Waals surface area contributed by atoms with Gasteiger partial charge >= 0.3 is 0 Å². The van der Waals surface area contributed by atoms with E-state index in [0.29, 0.717) is 16.3 Å². The van der Waals surface area contributed by atoms with Gasteiger partial charge in [0, 0.05) is 23.9 Å². The fraction of sp³-hybridized carbons (Fsp3) is 0.143. The van der Waals surface area contributed by atoms with Crippen molar-refractivity contribution in [1.29, 1.82) is 0 Å². The van der Waals surface area contributed by atoms with Gasteiger partial charge in [-0.3, -0.25) is 0 Å². The van der Waals surface area contributed by atoms with Crippen molar-refractivity contribution in [3.8, 4) is 23.0 Å². The van der Waals surface area contributed by atoms with E-state index in [1.54, 1.807) is 18.2 Å². The number of anilines is 1. The number of rotatable bonds is 4. The van der Waals surface area contributed by atoms with Crippen molar-refractivity contribution in [2.24, 2.45) is 0 Å². The summed E-state index contributed by atoms with van der Waals surface area (Å²) in [4.78, 5) is 0. The minimum atomic E-state index is -0.530. The topological polar surface area (TPSA) is 82.0 Å². The molecule has 20 heavy (non-hydrogen) atoms. The molecule has 0 spiro atoms. The molecule has 0 saturated carbocycles. The van der Waals surface area contributed by atoms with Crippen molar-refractivity contribution in [2.75, 3.05) is 12.4 Å². The highest BCUT2D eigenvalue weighted by Crippen LogP contribution is 2.37. The van der Waals surface area contributed by atoms with Gasteiger partial charge < -0.3 is 25.4 Å². The van der Waals surface area contributed by atoms with Crippen molar-refractivity contribution in [1.82, 2.24) is 0 Å². The first-order chi connectivity index (χ1) is 9.52. The minimum absolute atomic E-state index is 0.268. The first kappa shape index (κ1) is 14.1. The predicted octanol–water partition coefficient (Wildman–Crippen LogP) is 3.08. The molecule has 0 unspecified atom stereocenters. The van der Waals surface area contributed by atoms with Crippen molar-refractivity contribution in [3.05, 3.63) is 40.9 Å². The van der Waals surface area contributed by atoms with E-state index in [-0.39, 0.29) is 18.0 Å². The largest absolute Gasteiger partial charge is 0.504 e. The summed E-state index contributed by atoms with van der Waals surface area (Å²) >= 11 is 5.92. The summed E-state index contributed by atoms with van der Waals surface area (Å²) in [6.45, 7) is 0.268. The number of aromatic hydroxyl groups is 3. The zero-order valence-electron chi connectivity index (χ0n) is 10.7. The second kappa shape index (κ2) is 5.79. The van der Waals surface area contributed by atoms with Gasteiger partial charge in [0.05, 0.1) is 12.1 Å². The molecular formula is C14H14ClNO4. The van der Waals surface area contributed by atoms with Crippen molar-refractivity contribution < 1.29 is 20.1 Å². The molecule has 0 amide bonds. The molecule has 5 nitrogen and oxygen atoms in total. The standard InChI is InChI=1S/C14H14ClNO4/c1-20-12-6-9(3-4-10(12)15)16-7-8-2-5-11(17)14(19)13(8)18/h2-6,16-19H,7H2,1H3. The summed E-state index contributed by atoms with van der Waals surface area (Å²) in [7, 11) is 1.52. The van der Waals surface area contributed by atoms with Crippen LogP contribution in [0.4, 0.5) is 5.69 Å². The van der Waals surface area contributed by atoms with Crippen molar-refractivity contribution >= 4 is 17.3 Å². The van der Waals surface area contributed by atoms with E-state index >= 15 is 0 Å². The third-order valence-corrected chi connectivity index (χ3v) is 3.16. The first-order valence-electron chi connectivity index (χ1n) is 5.83. The van der Waals surface area contributed by atoms with E-state index in [1.165, 1.54) is 19.2 Å².